The van der Waals surface area contributed by atoms with E-state index in [1.807, 2.05) is 19.9 Å². The second kappa shape index (κ2) is 5.41. The van der Waals surface area contributed by atoms with Crippen LogP contribution in [0.15, 0.2) is 58.9 Å². The Labute approximate surface area is 104 Å². The molecule has 0 fully saturated rings. The molecule has 0 saturated heterocycles. The summed E-state index contributed by atoms with van der Waals surface area (Å²) in [6.45, 7) is 13.7. The van der Waals surface area contributed by atoms with E-state index in [4.69, 9.17) is 5.73 Å². The highest BCUT2D eigenvalue weighted by molar-refractivity contribution is 5.52. The lowest BCUT2D eigenvalue weighted by atomic mass is 9.98. The van der Waals surface area contributed by atoms with E-state index in [0.717, 1.165) is 28.7 Å². The Kier molecular flexibility index (Phi) is 4.17. The Balaban J connectivity index is 3.13. The molecular formula is C16H19N. The van der Waals surface area contributed by atoms with Gasteiger partial charge in [0, 0.05) is 17.7 Å². The summed E-state index contributed by atoms with van der Waals surface area (Å²) in [6.07, 6.45) is 4.84. The third kappa shape index (κ3) is 3.26. The van der Waals surface area contributed by atoms with Crippen LogP contribution < -0.4 is 5.73 Å². The first-order valence-corrected chi connectivity index (χ1v) is 5.61. The number of hydrogen-bond donors (Lipinski definition) is 1. The highest BCUT2D eigenvalue weighted by Crippen LogP contribution is 2.22. The molecule has 0 unspecified atom stereocenters. The normalized spacial score (nSPS) is 15.7. The first-order chi connectivity index (χ1) is 7.93. The minimum absolute atomic E-state index is 0.615. The summed E-state index contributed by atoms with van der Waals surface area (Å²) in [5.74, 6) is 6.27. The van der Waals surface area contributed by atoms with E-state index in [1.165, 1.54) is 5.57 Å². The van der Waals surface area contributed by atoms with Gasteiger partial charge in [0.15, 0.2) is 0 Å². The number of allylic oxidation sites excluding steroid dienone is 7. The quantitative estimate of drug-likeness (QED) is 0.576. The van der Waals surface area contributed by atoms with Crippen LogP contribution >= 0.6 is 0 Å². The fraction of sp³-hybridized carbons (Fsp3) is 0.250. The lowest BCUT2D eigenvalue weighted by molar-refractivity contribution is 1.17. The molecule has 17 heavy (non-hydrogen) atoms. The van der Waals surface area contributed by atoms with Gasteiger partial charge in [-0.05, 0) is 49.1 Å². The summed E-state index contributed by atoms with van der Waals surface area (Å²) < 4.78 is 0. The van der Waals surface area contributed by atoms with Gasteiger partial charge in [-0.2, -0.15) is 0 Å². The van der Waals surface area contributed by atoms with Crippen LogP contribution in [0.5, 0.6) is 0 Å². The van der Waals surface area contributed by atoms with Crippen molar-refractivity contribution in [3.05, 3.63) is 58.9 Å². The number of hydrogen-bond acceptors (Lipinski definition) is 1. The maximum atomic E-state index is 5.71. The lowest BCUT2D eigenvalue weighted by Crippen LogP contribution is -2.00. The van der Waals surface area contributed by atoms with Crippen LogP contribution in [-0.2, 0) is 0 Å². The van der Waals surface area contributed by atoms with Crippen LogP contribution in [-0.4, -0.2) is 0 Å². The Bertz CT molecular complexity index is 513. The van der Waals surface area contributed by atoms with E-state index >= 15 is 0 Å². The molecule has 0 amide bonds. The summed E-state index contributed by atoms with van der Waals surface area (Å²) in [5, 5.41) is 0. The van der Waals surface area contributed by atoms with Crippen LogP contribution in [0.1, 0.15) is 27.2 Å². The average molecular weight is 225 g/mol. The molecule has 2 N–H and O–H groups in total. The predicted molar refractivity (Wildman–Crippen MR) is 75.1 cm³/mol. The molecule has 0 aromatic rings. The smallest absolute Gasteiger partial charge is 0.0346 e. The number of rotatable bonds is 3. The summed E-state index contributed by atoms with van der Waals surface area (Å²) >= 11 is 0. The molecule has 1 nitrogen and oxygen atoms in total. The molecule has 0 saturated carbocycles. The van der Waals surface area contributed by atoms with Crippen molar-refractivity contribution < 1.29 is 0 Å². The Morgan fingerprint density at radius 2 is 1.88 bits per heavy atom. The second-order valence-corrected chi connectivity index (χ2v) is 4.31. The van der Waals surface area contributed by atoms with Crippen molar-refractivity contribution in [3.63, 3.8) is 0 Å². The van der Waals surface area contributed by atoms with Crippen molar-refractivity contribution in [1.82, 2.24) is 0 Å². The minimum Gasteiger partial charge on any atom is -0.399 e. The largest absolute Gasteiger partial charge is 0.399 e. The van der Waals surface area contributed by atoms with Gasteiger partial charge < -0.3 is 5.73 Å². The van der Waals surface area contributed by atoms with Crippen molar-refractivity contribution in [2.45, 2.75) is 27.2 Å². The van der Waals surface area contributed by atoms with Crippen molar-refractivity contribution in [1.29, 1.82) is 0 Å². The molecule has 0 spiro atoms. The molecule has 1 aliphatic rings. The molecule has 0 bridgehead atoms. The molecule has 0 aromatic heterocycles. The van der Waals surface area contributed by atoms with Gasteiger partial charge in [0.25, 0.3) is 0 Å². The Morgan fingerprint density at radius 3 is 2.41 bits per heavy atom. The summed E-state index contributed by atoms with van der Waals surface area (Å²) in [6, 6.07) is 0. The monoisotopic (exact) mass is 225 g/mol. The topological polar surface area (TPSA) is 26.0 Å². The predicted octanol–water partition coefficient (Wildman–Crippen LogP) is 3.63. The minimum atomic E-state index is 0.615. The Morgan fingerprint density at radius 1 is 1.24 bits per heavy atom. The van der Waals surface area contributed by atoms with Gasteiger partial charge in [0.2, 0.25) is 0 Å². The molecule has 0 aromatic carbocycles. The van der Waals surface area contributed by atoms with Gasteiger partial charge in [-0.25, -0.2) is 0 Å². The average Bonchev–Trinajstić information content (AvgIpc) is 2.52. The van der Waals surface area contributed by atoms with E-state index in [2.05, 4.69) is 38.0 Å². The zero-order chi connectivity index (χ0) is 13.0. The molecule has 1 rings (SSSR count). The van der Waals surface area contributed by atoms with Crippen LogP contribution in [0.3, 0.4) is 0 Å². The third-order valence-corrected chi connectivity index (χ3v) is 2.94. The SMILES string of the molecule is C=C(C)C1=CC=C(/C(C)=C(/C)C(=C)N)CC#C1. The van der Waals surface area contributed by atoms with Crippen LogP contribution in [0, 0.1) is 11.8 Å². The zero-order valence-electron chi connectivity index (χ0n) is 10.9. The first-order valence-electron chi connectivity index (χ1n) is 5.61. The second-order valence-electron chi connectivity index (χ2n) is 4.31. The fourth-order valence-corrected chi connectivity index (χ4v) is 1.51. The van der Waals surface area contributed by atoms with Crippen LogP contribution in [0.2, 0.25) is 0 Å². The summed E-state index contributed by atoms with van der Waals surface area (Å²) in [5.41, 5.74) is 11.7. The molecule has 0 radical (unpaired) electrons. The molecule has 1 heteroatoms. The first kappa shape index (κ1) is 13.1. The van der Waals surface area contributed by atoms with Crippen molar-refractivity contribution in [2.24, 2.45) is 5.73 Å². The van der Waals surface area contributed by atoms with Gasteiger partial charge in [0.05, 0.1) is 0 Å². The van der Waals surface area contributed by atoms with E-state index < -0.39 is 0 Å². The highest BCUT2D eigenvalue weighted by atomic mass is 14.6. The summed E-state index contributed by atoms with van der Waals surface area (Å²) in [7, 11) is 0. The van der Waals surface area contributed by atoms with E-state index in [0.29, 0.717) is 5.70 Å². The molecule has 88 valence electrons. The van der Waals surface area contributed by atoms with Gasteiger partial charge in [-0.3, -0.25) is 0 Å². The highest BCUT2D eigenvalue weighted by Gasteiger charge is 2.05. The van der Waals surface area contributed by atoms with E-state index in [1.54, 1.807) is 0 Å². The van der Waals surface area contributed by atoms with Crippen LogP contribution in [0.4, 0.5) is 0 Å². The molecule has 0 atom stereocenters. The van der Waals surface area contributed by atoms with E-state index in [-0.39, 0.29) is 0 Å². The van der Waals surface area contributed by atoms with Crippen LogP contribution in [0.25, 0.3) is 0 Å². The van der Waals surface area contributed by atoms with Crippen molar-refractivity contribution in [3.8, 4) is 11.8 Å². The lowest BCUT2D eigenvalue weighted by Gasteiger charge is -2.09. The zero-order valence-corrected chi connectivity index (χ0v) is 10.9. The standard InChI is InChI=1S/C16H19N/c1-11(2)15-7-6-8-16(10-9-15)13(4)12(3)14(5)17/h9-10H,1,5,8,17H2,2-4H3/b13-12-. The molecular weight excluding hydrogens is 206 g/mol. The third-order valence-electron chi connectivity index (χ3n) is 2.94. The van der Waals surface area contributed by atoms with E-state index in [9.17, 15) is 0 Å². The number of nitrogens with two attached hydrogens (primary N) is 1. The Hall–Kier alpha value is -1.94. The van der Waals surface area contributed by atoms with Gasteiger partial charge in [-0.1, -0.05) is 31.1 Å². The maximum absolute atomic E-state index is 5.71. The summed E-state index contributed by atoms with van der Waals surface area (Å²) in [4.78, 5) is 0. The molecule has 1 aliphatic carbocycles. The van der Waals surface area contributed by atoms with Gasteiger partial charge in [0.1, 0.15) is 0 Å². The van der Waals surface area contributed by atoms with Crippen molar-refractivity contribution in [2.75, 3.05) is 0 Å². The molecule has 0 aliphatic heterocycles. The maximum Gasteiger partial charge on any atom is 0.0346 e. The molecule has 0 heterocycles. The van der Waals surface area contributed by atoms with Crippen molar-refractivity contribution >= 4 is 0 Å². The van der Waals surface area contributed by atoms with Gasteiger partial charge in [-0.15, -0.1) is 0 Å². The van der Waals surface area contributed by atoms with Gasteiger partial charge >= 0.3 is 0 Å². The fourth-order valence-electron chi connectivity index (χ4n) is 1.51.